The standard InChI is InChI=1S/C10H17NO2S/c1-11(2)5-4-9(12)10-6-8(13-3)7-14-10/h6-7,9,12H,4-5H2,1-3H3. The third kappa shape index (κ3) is 3.29. The Morgan fingerprint density at radius 1 is 1.57 bits per heavy atom. The fourth-order valence-electron chi connectivity index (χ4n) is 1.14. The maximum absolute atomic E-state index is 9.81. The van der Waals surface area contributed by atoms with E-state index in [2.05, 4.69) is 4.90 Å². The van der Waals surface area contributed by atoms with Crippen molar-refractivity contribution < 1.29 is 9.84 Å². The highest BCUT2D eigenvalue weighted by Gasteiger charge is 2.10. The van der Waals surface area contributed by atoms with Gasteiger partial charge in [-0.25, -0.2) is 0 Å². The van der Waals surface area contributed by atoms with Crippen LogP contribution in [0, 0.1) is 0 Å². The first-order valence-corrected chi connectivity index (χ1v) is 5.46. The first-order valence-electron chi connectivity index (χ1n) is 4.58. The number of rotatable bonds is 5. The summed E-state index contributed by atoms with van der Waals surface area (Å²) in [6.45, 7) is 0.890. The summed E-state index contributed by atoms with van der Waals surface area (Å²) in [6.07, 6.45) is 0.391. The van der Waals surface area contributed by atoms with Crippen LogP contribution in [0.5, 0.6) is 5.75 Å². The molecule has 1 N–H and O–H groups in total. The molecule has 0 fully saturated rings. The van der Waals surface area contributed by atoms with E-state index >= 15 is 0 Å². The minimum Gasteiger partial charge on any atom is -0.496 e. The highest BCUT2D eigenvalue weighted by Crippen LogP contribution is 2.28. The van der Waals surface area contributed by atoms with E-state index in [9.17, 15) is 5.11 Å². The van der Waals surface area contributed by atoms with Gasteiger partial charge in [0, 0.05) is 16.8 Å². The summed E-state index contributed by atoms with van der Waals surface area (Å²) in [6, 6.07) is 1.89. The zero-order valence-electron chi connectivity index (χ0n) is 8.86. The second-order valence-electron chi connectivity index (χ2n) is 3.50. The van der Waals surface area contributed by atoms with Crippen molar-refractivity contribution in [2.75, 3.05) is 27.7 Å². The molecule has 1 unspecified atom stereocenters. The van der Waals surface area contributed by atoms with E-state index in [1.165, 1.54) is 0 Å². The highest BCUT2D eigenvalue weighted by molar-refractivity contribution is 7.10. The van der Waals surface area contributed by atoms with E-state index in [0.29, 0.717) is 0 Å². The number of hydrogen-bond donors (Lipinski definition) is 1. The Kier molecular flexibility index (Phi) is 4.38. The number of aliphatic hydroxyl groups is 1. The summed E-state index contributed by atoms with van der Waals surface area (Å²) in [5.41, 5.74) is 0. The van der Waals surface area contributed by atoms with Crippen LogP contribution in [-0.2, 0) is 0 Å². The lowest BCUT2D eigenvalue weighted by Gasteiger charge is -2.12. The predicted molar refractivity (Wildman–Crippen MR) is 59.0 cm³/mol. The Bertz CT molecular complexity index is 273. The van der Waals surface area contributed by atoms with Crippen LogP contribution in [-0.4, -0.2) is 37.8 Å². The molecule has 0 aliphatic carbocycles. The predicted octanol–water partition coefficient (Wildman–Crippen LogP) is 1.74. The second-order valence-corrected chi connectivity index (χ2v) is 4.44. The Morgan fingerprint density at radius 3 is 2.79 bits per heavy atom. The van der Waals surface area contributed by atoms with E-state index in [-0.39, 0.29) is 6.10 Å². The Labute approximate surface area is 88.9 Å². The van der Waals surface area contributed by atoms with Gasteiger partial charge in [0.15, 0.2) is 0 Å². The summed E-state index contributed by atoms with van der Waals surface area (Å²) >= 11 is 1.54. The summed E-state index contributed by atoms with van der Waals surface area (Å²) in [7, 11) is 5.64. The van der Waals surface area contributed by atoms with Gasteiger partial charge < -0.3 is 14.7 Å². The lowest BCUT2D eigenvalue weighted by atomic mass is 10.2. The van der Waals surface area contributed by atoms with Crippen LogP contribution in [0.25, 0.3) is 0 Å². The topological polar surface area (TPSA) is 32.7 Å². The number of nitrogens with zero attached hydrogens (tertiary/aromatic N) is 1. The molecule has 1 aromatic rings. The summed E-state index contributed by atoms with van der Waals surface area (Å²) in [5, 5.41) is 11.7. The fraction of sp³-hybridized carbons (Fsp3) is 0.600. The number of aliphatic hydroxyl groups excluding tert-OH is 1. The van der Waals surface area contributed by atoms with Gasteiger partial charge in [-0.15, -0.1) is 11.3 Å². The van der Waals surface area contributed by atoms with Gasteiger partial charge in [-0.1, -0.05) is 0 Å². The zero-order chi connectivity index (χ0) is 10.6. The van der Waals surface area contributed by atoms with Crippen LogP contribution in [0.2, 0.25) is 0 Å². The minimum absolute atomic E-state index is 0.369. The van der Waals surface area contributed by atoms with E-state index in [4.69, 9.17) is 4.74 Å². The number of hydrogen-bond acceptors (Lipinski definition) is 4. The molecule has 0 amide bonds. The Hall–Kier alpha value is -0.580. The molecule has 0 spiro atoms. The van der Waals surface area contributed by atoms with E-state index in [1.807, 2.05) is 25.5 Å². The smallest absolute Gasteiger partial charge is 0.129 e. The molecule has 1 atom stereocenters. The van der Waals surface area contributed by atoms with Crippen molar-refractivity contribution in [3.63, 3.8) is 0 Å². The molecule has 14 heavy (non-hydrogen) atoms. The van der Waals surface area contributed by atoms with Gasteiger partial charge in [-0.05, 0) is 26.6 Å². The van der Waals surface area contributed by atoms with Crippen molar-refractivity contribution in [3.05, 3.63) is 16.3 Å². The van der Waals surface area contributed by atoms with Gasteiger partial charge in [0.05, 0.1) is 13.2 Å². The minimum atomic E-state index is -0.369. The maximum Gasteiger partial charge on any atom is 0.129 e. The van der Waals surface area contributed by atoms with Crippen LogP contribution >= 0.6 is 11.3 Å². The maximum atomic E-state index is 9.81. The van der Waals surface area contributed by atoms with Gasteiger partial charge in [0.1, 0.15) is 5.75 Å². The van der Waals surface area contributed by atoms with Crippen LogP contribution in [0.1, 0.15) is 17.4 Å². The first-order chi connectivity index (χ1) is 6.63. The average Bonchev–Trinajstić information content (AvgIpc) is 2.62. The van der Waals surface area contributed by atoms with Crippen LogP contribution < -0.4 is 4.74 Å². The quantitative estimate of drug-likeness (QED) is 0.812. The van der Waals surface area contributed by atoms with Gasteiger partial charge in [0.2, 0.25) is 0 Å². The summed E-state index contributed by atoms with van der Waals surface area (Å²) < 4.78 is 5.06. The van der Waals surface area contributed by atoms with Gasteiger partial charge in [-0.3, -0.25) is 0 Å². The van der Waals surface area contributed by atoms with Crippen molar-refractivity contribution in [1.82, 2.24) is 4.90 Å². The van der Waals surface area contributed by atoms with Crippen molar-refractivity contribution >= 4 is 11.3 Å². The van der Waals surface area contributed by atoms with Crippen molar-refractivity contribution in [2.45, 2.75) is 12.5 Å². The Balaban J connectivity index is 2.47. The van der Waals surface area contributed by atoms with Crippen molar-refractivity contribution in [3.8, 4) is 5.75 Å². The summed E-state index contributed by atoms with van der Waals surface area (Å²) in [4.78, 5) is 3.04. The third-order valence-electron chi connectivity index (χ3n) is 2.01. The molecular formula is C10H17NO2S. The molecule has 0 bridgehead atoms. The lowest BCUT2D eigenvalue weighted by molar-refractivity contribution is 0.157. The van der Waals surface area contributed by atoms with Gasteiger partial charge in [0.25, 0.3) is 0 Å². The molecule has 0 aliphatic rings. The summed E-state index contributed by atoms with van der Waals surface area (Å²) in [5.74, 6) is 0.828. The SMILES string of the molecule is COc1csc(C(O)CCN(C)C)c1. The second kappa shape index (κ2) is 5.34. The lowest BCUT2D eigenvalue weighted by Crippen LogP contribution is -2.15. The molecule has 4 heteroatoms. The number of thiophene rings is 1. The Morgan fingerprint density at radius 2 is 2.29 bits per heavy atom. The molecule has 3 nitrogen and oxygen atoms in total. The molecule has 0 saturated carbocycles. The highest BCUT2D eigenvalue weighted by atomic mass is 32.1. The van der Waals surface area contributed by atoms with E-state index in [0.717, 1.165) is 23.6 Å². The molecule has 80 valence electrons. The normalized spacial score (nSPS) is 13.2. The molecular weight excluding hydrogens is 198 g/mol. The molecule has 0 aromatic carbocycles. The van der Waals surface area contributed by atoms with Crippen LogP contribution in [0.3, 0.4) is 0 Å². The molecule has 0 aliphatic heterocycles. The van der Waals surface area contributed by atoms with Gasteiger partial charge in [-0.2, -0.15) is 0 Å². The molecule has 1 heterocycles. The zero-order valence-corrected chi connectivity index (χ0v) is 9.67. The van der Waals surface area contributed by atoms with Gasteiger partial charge >= 0.3 is 0 Å². The fourth-order valence-corrected chi connectivity index (χ4v) is 2.01. The van der Waals surface area contributed by atoms with Crippen LogP contribution in [0.4, 0.5) is 0 Å². The van der Waals surface area contributed by atoms with Crippen LogP contribution in [0.15, 0.2) is 11.4 Å². The number of ether oxygens (including phenoxy) is 1. The third-order valence-corrected chi connectivity index (χ3v) is 3.02. The van der Waals surface area contributed by atoms with Crippen molar-refractivity contribution in [2.24, 2.45) is 0 Å². The molecule has 1 aromatic heterocycles. The van der Waals surface area contributed by atoms with Crippen molar-refractivity contribution in [1.29, 1.82) is 0 Å². The average molecular weight is 215 g/mol. The first kappa shape index (κ1) is 11.5. The monoisotopic (exact) mass is 215 g/mol. The molecule has 1 rings (SSSR count). The number of methoxy groups -OCH3 is 1. The largest absolute Gasteiger partial charge is 0.496 e. The van der Waals surface area contributed by atoms with E-state index in [1.54, 1.807) is 18.4 Å². The molecule has 0 saturated heterocycles. The molecule has 0 radical (unpaired) electrons. The van der Waals surface area contributed by atoms with E-state index < -0.39 is 0 Å².